The second-order valence-corrected chi connectivity index (χ2v) is 4.55. The summed E-state index contributed by atoms with van der Waals surface area (Å²) in [6, 6.07) is 8.97. The van der Waals surface area contributed by atoms with Crippen molar-refractivity contribution >= 4 is 17.1 Å². The fraction of sp³-hybridized carbons (Fsp3) is 0.214. The average Bonchev–Trinajstić information content (AvgIpc) is 2.87. The molecule has 1 aromatic heterocycles. The minimum absolute atomic E-state index is 0.00940. The van der Waals surface area contributed by atoms with Crippen LogP contribution in [0.5, 0.6) is 11.5 Å². The minimum Gasteiger partial charge on any atom is -0.496 e. The summed E-state index contributed by atoms with van der Waals surface area (Å²) in [5, 5.41) is 1.82. The van der Waals surface area contributed by atoms with Gasteiger partial charge in [-0.1, -0.05) is 12.1 Å². The smallest absolute Gasteiger partial charge is 0.203 e. The van der Waals surface area contributed by atoms with Crippen LogP contribution in [-0.2, 0) is 0 Å². The van der Waals surface area contributed by atoms with Crippen LogP contribution in [0.3, 0.4) is 0 Å². The second-order valence-electron chi connectivity index (χ2n) is 3.64. The lowest BCUT2D eigenvalue weighted by Gasteiger charge is -2.04. The lowest BCUT2D eigenvalue weighted by atomic mass is 10.1. The zero-order chi connectivity index (χ0) is 13.0. The molecule has 2 rings (SSSR count). The van der Waals surface area contributed by atoms with E-state index in [4.69, 9.17) is 9.47 Å². The van der Waals surface area contributed by atoms with E-state index in [0.717, 1.165) is 0 Å². The molecule has 0 unspecified atom stereocenters. The molecule has 0 aliphatic rings. The van der Waals surface area contributed by atoms with E-state index in [1.165, 1.54) is 11.3 Å². The van der Waals surface area contributed by atoms with Gasteiger partial charge < -0.3 is 9.47 Å². The predicted octanol–water partition coefficient (Wildman–Crippen LogP) is 3.39. The Morgan fingerprint density at radius 3 is 2.78 bits per heavy atom. The third-order valence-electron chi connectivity index (χ3n) is 2.44. The van der Waals surface area contributed by atoms with Gasteiger partial charge in [0.15, 0.2) is 0 Å². The van der Waals surface area contributed by atoms with Crippen molar-refractivity contribution in [3.05, 3.63) is 46.2 Å². The molecule has 18 heavy (non-hydrogen) atoms. The minimum atomic E-state index is -0.00940. The highest BCUT2D eigenvalue weighted by Crippen LogP contribution is 2.25. The first kappa shape index (κ1) is 12.6. The monoisotopic (exact) mass is 262 g/mol. The predicted molar refractivity (Wildman–Crippen MR) is 71.9 cm³/mol. The van der Waals surface area contributed by atoms with Crippen molar-refractivity contribution in [2.75, 3.05) is 13.7 Å². The van der Waals surface area contributed by atoms with Gasteiger partial charge in [-0.15, -0.1) is 11.3 Å². The standard InChI is InChI=1S/C14H14O3S/c1-3-17-11-6-4-5-10(7-11)14(15)13-8-12(16-2)9-18-13/h4-9H,3H2,1-2H3. The average molecular weight is 262 g/mol. The Morgan fingerprint density at radius 1 is 1.28 bits per heavy atom. The van der Waals surface area contributed by atoms with Crippen molar-refractivity contribution in [3.8, 4) is 11.5 Å². The van der Waals surface area contributed by atoms with E-state index in [1.807, 2.05) is 24.4 Å². The molecule has 0 saturated heterocycles. The van der Waals surface area contributed by atoms with Gasteiger partial charge in [0.1, 0.15) is 11.5 Å². The molecule has 94 valence electrons. The summed E-state index contributed by atoms with van der Waals surface area (Å²) >= 11 is 1.38. The summed E-state index contributed by atoms with van der Waals surface area (Å²) < 4.78 is 10.5. The molecule has 0 amide bonds. The van der Waals surface area contributed by atoms with Crippen LogP contribution in [0.15, 0.2) is 35.7 Å². The van der Waals surface area contributed by atoms with Gasteiger partial charge >= 0.3 is 0 Å². The Bertz CT molecular complexity index is 545. The molecule has 0 N–H and O–H groups in total. The number of rotatable bonds is 5. The molecule has 0 saturated carbocycles. The highest BCUT2D eigenvalue weighted by Gasteiger charge is 2.12. The lowest BCUT2D eigenvalue weighted by Crippen LogP contribution is -1.99. The number of ether oxygens (including phenoxy) is 2. The Morgan fingerprint density at radius 2 is 2.11 bits per heavy atom. The van der Waals surface area contributed by atoms with Gasteiger partial charge in [-0.05, 0) is 19.1 Å². The number of carbonyl (C=O) groups is 1. The van der Waals surface area contributed by atoms with Crippen molar-refractivity contribution < 1.29 is 14.3 Å². The first-order valence-electron chi connectivity index (χ1n) is 5.64. The van der Waals surface area contributed by atoms with Gasteiger partial charge in [0.25, 0.3) is 0 Å². The molecule has 0 atom stereocenters. The molecule has 4 heteroatoms. The van der Waals surface area contributed by atoms with Gasteiger partial charge in [0, 0.05) is 17.0 Å². The molecular weight excluding hydrogens is 248 g/mol. The molecule has 0 bridgehead atoms. The molecule has 0 aliphatic heterocycles. The maximum Gasteiger partial charge on any atom is 0.203 e. The SMILES string of the molecule is CCOc1cccc(C(=O)c2cc(OC)cs2)c1. The highest BCUT2D eigenvalue weighted by atomic mass is 32.1. The molecule has 3 nitrogen and oxygen atoms in total. The summed E-state index contributed by atoms with van der Waals surface area (Å²) in [5.74, 6) is 1.42. The molecule has 1 aromatic carbocycles. The van der Waals surface area contributed by atoms with Crippen molar-refractivity contribution in [2.45, 2.75) is 6.92 Å². The normalized spacial score (nSPS) is 10.1. The Kier molecular flexibility index (Phi) is 3.99. The number of ketones is 1. The maximum atomic E-state index is 12.2. The van der Waals surface area contributed by atoms with Crippen LogP contribution in [0.25, 0.3) is 0 Å². The number of carbonyl (C=O) groups excluding carboxylic acids is 1. The largest absolute Gasteiger partial charge is 0.496 e. The molecule has 2 aromatic rings. The van der Waals surface area contributed by atoms with E-state index in [9.17, 15) is 4.79 Å². The number of hydrogen-bond acceptors (Lipinski definition) is 4. The van der Waals surface area contributed by atoms with Crippen molar-refractivity contribution in [2.24, 2.45) is 0 Å². The van der Waals surface area contributed by atoms with Crippen molar-refractivity contribution in [3.63, 3.8) is 0 Å². The fourth-order valence-corrected chi connectivity index (χ4v) is 2.40. The first-order valence-corrected chi connectivity index (χ1v) is 6.52. The summed E-state index contributed by atoms with van der Waals surface area (Å²) in [5.41, 5.74) is 0.630. The molecule has 0 spiro atoms. The van der Waals surface area contributed by atoms with E-state index in [0.29, 0.717) is 28.5 Å². The highest BCUT2D eigenvalue weighted by molar-refractivity contribution is 7.12. The molecule has 1 heterocycles. The first-order chi connectivity index (χ1) is 8.74. The summed E-state index contributed by atoms with van der Waals surface area (Å²) in [7, 11) is 1.59. The van der Waals surface area contributed by atoms with Crippen LogP contribution in [0.2, 0.25) is 0 Å². The number of hydrogen-bond donors (Lipinski definition) is 0. The summed E-state index contributed by atoms with van der Waals surface area (Å²) in [6.45, 7) is 2.50. The van der Waals surface area contributed by atoms with Crippen LogP contribution in [0.4, 0.5) is 0 Å². The van der Waals surface area contributed by atoms with Crippen LogP contribution in [0.1, 0.15) is 22.2 Å². The maximum absolute atomic E-state index is 12.2. The Balaban J connectivity index is 2.25. The summed E-state index contributed by atoms with van der Waals surface area (Å²) in [4.78, 5) is 12.9. The number of thiophene rings is 1. The zero-order valence-corrected chi connectivity index (χ0v) is 11.1. The fourth-order valence-electron chi connectivity index (χ4n) is 1.58. The van der Waals surface area contributed by atoms with Gasteiger partial charge in [0.2, 0.25) is 5.78 Å². The molecule has 0 fully saturated rings. The van der Waals surface area contributed by atoms with E-state index >= 15 is 0 Å². The molecule has 0 radical (unpaired) electrons. The quantitative estimate of drug-likeness (QED) is 0.775. The number of benzene rings is 1. The van der Waals surface area contributed by atoms with E-state index in [1.54, 1.807) is 25.3 Å². The van der Waals surface area contributed by atoms with E-state index in [-0.39, 0.29) is 5.78 Å². The van der Waals surface area contributed by atoms with E-state index in [2.05, 4.69) is 0 Å². The van der Waals surface area contributed by atoms with Crippen LogP contribution >= 0.6 is 11.3 Å². The zero-order valence-electron chi connectivity index (χ0n) is 10.3. The van der Waals surface area contributed by atoms with Gasteiger partial charge in [-0.2, -0.15) is 0 Å². The molecular formula is C14H14O3S. The van der Waals surface area contributed by atoms with E-state index < -0.39 is 0 Å². The lowest BCUT2D eigenvalue weighted by molar-refractivity contribution is 0.104. The van der Waals surface area contributed by atoms with Crippen molar-refractivity contribution in [1.29, 1.82) is 0 Å². The second kappa shape index (κ2) is 5.69. The third kappa shape index (κ3) is 2.71. The van der Waals surface area contributed by atoms with Crippen LogP contribution in [-0.4, -0.2) is 19.5 Å². The van der Waals surface area contributed by atoms with Crippen LogP contribution < -0.4 is 9.47 Å². The Hall–Kier alpha value is -1.81. The van der Waals surface area contributed by atoms with Crippen LogP contribution in [0, 0.1) is 0 Å². The third-order valence-corrected chi connectivity index (χ3v) is 3.35. The number of methoxy groups -OCH3 is 1. The van der Waals surface area contributed by atoms with Gasteiger partial charge in [-0.25, -0.2) is 0 Å². The molecule has 0 aliphatic carbocycles. The topological polar surface area (TPSA) is 35.5 Å². The van der Waals surface area contributed by atoms with Gasteiger partial charge in [0.05, 0.1) is 18.6 Å². The van der Waals surface area contributed by atoms with Crippen molar-refractivity contribution in [1.82, 2.24) is 0 Å². The Labute approximate surface area is 110 Å². The van der Waals surface area contributed by atoms with Gasteiger partial charge in [-0.3, -0.25) is 4.79 Å². The summed E-state index contributed by atoms with van der Waals surface area (Å²) in [6.07, 6.45) is 0.